The minimum absolute atomic E-state index is 0.0973. The molecule has 0 bridgehead atoms. The van der Waals surface area contributed by atoms with Gasteiger partial charge in [-0.05, 0) is 36.0 Å². The standard InChI is InChI=1S/C14H12FN3O4S2/c1-2-9-7-17(14(19)22-9)8-3-4-11(10(15)5-8)23-13-16-6-12(24-13)18(20)21/h3-6,9H,2,7H2,1H3/t9-/m0/s1. The van der Waals surface area contributed by atoms with Gasteiger partial charge in [0.15, 0.2) is 4.34 Å². The smallest absolute Gasteiger partial charge is 0.414 e. The molecule has 1 aliphatic heterocycles. The molecular weight excluding hydrogens is 357 g/mol. The summed E-state index contributed by atoms with van der Waals surface area (Å²) in [7, 11) is 0. The van der Waals surface area contributed by atoms with Gasteiger partial charge in [0.05, 0.1) is 22.1 Å². The highest BCUT2D eigenvalue weighted by molar-refractivity contribution is 8.01. The number of nitrogens with zero attached hydrogens (tertiary/aromatic N) is 3. The number of ether oxygens (including phenoxy) is 1. The lowest BCUT2D eigenvalue weighted by molar-refractivity contribution is -0.380. The largest absolute Gasteiger partial charge is 0.444 e. The maximum absolute atomic E-state index is 14.3. The monoisotopic (exact) mass is 369 g/mol. The second-order valence-corrected chi connectivity index (χ2v) is 7.26. The maximum atomic E-state index is 14.3. The summed E-state index contributed by atoms with van der Waals surface area (Å²) < 4.78 is 19.8. The van der Waals surface area contributed by atoms with E-state index < -0.39 is 16.8 Å². The van der Waals surface area contributed by atoms with Crippen LogP contribution >= 0.6 is 23.1 Å². The van der Waals surface area contributed by atoms with Crippen LogP contribution in [0.25, 0.3) is 0 Å². The second kappa shape index (κ2) is 6.73. The number of carbonyl (C=O) groups is 1. The number of carbonyl (C=O) groups excluding carboxylic acids is 1. The molecule has 0 aliphatic carbocycles. The predicted molar refractivity (Wildman–Crippen MR) is 87.2 cm³/mol. The summed E-state index contributed by atoms with van der Waals surface area (Å²) in [5, 5.41) is 10.6. The average molecular weight is 369 g/mol. The Hall–Kier alpha value is -2.20. The number of thiazole rings is 1. The van der Waals surface area contributed by atoms with Gasteiger partial charge >= 0.3 is 11.1 Å². The number of hydrogen-bond acceptors (Lipinski definition) is 7. The third kappa shape index (κ3) is 3.34. The lowest BCUT2D eigenvalue weighted by atomic mass is 10.2. The first kappa shape index (κ1) is 16.7. The van der Waals surface area contributed by atoms with Crippen molar-refractivity contribution in [3.63, 3.8) is 0 Å². The van der Waals surface area contributed by atoms with Gasteiger partial charge in [0, 0.05) is 0 Å². The Morgan fingerprint density at radius 2 is 2.38 bits per heavy atom. The molecule has 1 aliphatic rings. The summed E-state index contributed by atoms with van der Waals surface area (Å²) in [6.07, 6.45) is 1.16. The summed E-state index contributed by atoms with van der Waals surface area (Å²) >= 11 is 1.88. The average Bonchev–Trinajstić information content (AvgIpc) is 3.16. The van der Waals surface area contributed by atoms with Crippen LogP contribution in [0.2, 0.25) is 0 Å². The normalized spacial score (nSPS) is 17.2. The van der Waals surface area contributed by atoms with Crippen molar-refractivity contribution in [3.8, 4) is 0 Å². The Morgan fingerprint density at radius 1 is 1.58 bits per heavy atom. The molecule has 1 fully saturated rings. The van der Waals surface area contributed by atoms with Crippen molar-refractivity contribution in [1.82, 2.24) is 4.98 Å². The third-order valence-corrected chi connectivity index (χ3v) is 5.48. The zero-order valence-corrected chi connectivity index (χ0v) is 14.1. The molecule has 3 rings (SSSR count). The van der Waals surface area contributed by atoms with Gasteiger partial charge < -0.3 is 4.74 Å². The molecule has 0 radical (unpaired) electrons. The molecule has 0 spiro atoms. The van der Waals surface area contributed by atoms with Crippen LogP contribution in [0.3, 0.4) is 0 Å². The highest BCUT2D eigenvalue weighted by Crippen LogP contribution is 2.36. The molecule has 1 atom stereocenters. The van der Waals surface area contributed by atoms with Crippen molar-refractivity contribution < 1.29 is 18.8 Å². The molecule has 2 heterocycles. The van der Waals surface area contributed by atoms with Crippen LogP contribution in [0.15, 0.2) is 33.6 Å². The molecule has 1 aromatic heterocycles. The first-order chi connectivity index (χ1) is 11.5. The molecule has 1 amide bonds. The summed E-state index contributed by atoms with van der Waals surface area (Å²) in [6.45, 7) is 2.30. The minimum Gasteiger partial charge on any atom is -0.444 e. The molecule has 10 heteroatoms. The van der Waals surface area contributed by atoms with E-state index in [-0.39, 0.29) is 16.0 Å². The van der Waals surface area contributed by atoms with E-state index in [0.29, 0.717) is 23.0 Å². The van der Waals surface area contributed by atoms with Gasteiger partial charge in [-0.3, -0.25) is 15.0 Å². The Balaban J connectivity index is 1.77. The Morgan fingerprint density at radius 3 is 2.96 bits per heavy atom. The van der Waals surface area contributed by atoms with Crippen LogP contribution in [-0.4, -0.2) is 28.6 Å². The van der Waals surface area contributed by atoms with E-state index in [9.17, 15) is 19.3 Å². The SMILES string of the molecule is CC[C@H]1CN(c2ccc(Sc3ncc([N+](=O)[O-])s3)c(F)c2)C(=O)O1. The topological polar surface area (TPSA) is 85.6 Å². The fraction of sp³-hybridized carbons (Fsp3) is 0.286. The van der Waals surface area contributed by atoms with Gasteiger partial charge in [-0.2, -0.15) is 0 Å². The lowest BCUT2D eigenvalue weighted by Gasteiger charge is -2.13. The number of aromatic nitrogens is 1. The van der Waals surface area contributed by atoms with Crippen molar-refractivity contribution in [2.75, 3.05) is 11.4 Å². The number of halogens is 1. The van der Waals surface area contributed by atoms with Crippen molar-refractivity contribution in [1.29, 1.82) is 0 Å². The lowest BCUT2D eigenvalue weighted by Crippen LogP contribution is -2.24. The Kier molecular flexibility index (Phi) is 4.67. The fourth-order valence-electron chi connectivity index (χ4n) is 2.16. The van der Waals surface area contributed by atoms with Crippen LogP contribution < -0.4 is 4.90 Å². The molecular formula is C14H12FN3O4S2. The molecule has 24 heavy (non-hydrogen) atoms. The number of cyclic esters (lactones) is 1. The van der Waals surface area contributed by atoms with E-state index in [1.54, 1.807) is 6.07 Å². The van der Waals surface area contributed by atoms with Gasteiger partial charge in [0.1, 0.15) is 18.1 Å². The summed E-state index contributed by atoms with van der Waals surface area (Å²) in [5.41, 5.74) is 0.419. The quantitative estimate of drug-likeness (QED) is 0.583. The molecule has 1 saturated heterocycles. The number of benzene rings is 1. The zero-order valence-electron chi connectivity index (χ0n) is 12.5. The van der Waals surface area contributed by atoms with Gasteiger partial charge in [0.2, 0.25) is 0 Å². The predicted octanol–water partition coefficient (Wildman–Crippen LogP) is 4.08. The third-order valence-electron chi connectivity index (χ3n) is 3.41. The number of hydrogen-bond donors (Lipinski definition) is 0. The number of amides is 1. The fourth-order valence-corrected chi connectivity index (χ4v) is 3.90. The highest BCUT2D eigenvalue weighted by atomic mass is 32.2. The van der Waals surface area contributed by atoms with E-state index in [4.69, 9.17) is 4.74 Å². The van der Waals surface area contributed by atoms with Crippen LogP contribution in [-0.2, 0) is 4.74 Å². The number of anilines is 1. The molecule has 0 unspecified atom stereocenters. The van der Waals surface area contributed by atoms with Crippen LogP contribution in [0, 0.1) is 15.9 Å². The summed E-state index contributed by atoms with van der Waals surface area (Å²) in [6, 6.07) is 4.39. The molecule has 126 valence electrons. The number of rotatable bonds is 5. The molecule has 2 aromatic rings. The van der Waals surface area contributed by atoms with Crippen LogP contribution in [0.5, 0.6) is 0 Å². The van der Waals surface area contributed by atoms with E-state index in [0.717, 1.165) is 29.3 Å². The first-order valence-electron chi connectivity index (χ1n) is 7.03. The van der Waals surface area contributed by atoms with Gasteiger partial charge in [-0.1, -0.05) is 18.7 Å². The van der Waals surface area contributed by atoms with E-state index in [2.05, 4.69) is 4.98 Å². The first-order valence-corrected chi connectivity index (χ1v) is 8.67. The molecule has 1 aromatic carbocycles. The summed E-state index contributed by atoms with van der Waals surface area (Å²) in [5.74, 6) is -0.525. The Bertz CT molecular complexity index is 798. The van der Waals surface area contributed by atoms with E-state index >= 15 is 0 Å². The van der Waals surface area contributed by atoms with Gasteiger partial charge in [-0.15, -0.1) is 0 Å². The van der Waals surface area contributed by atoms with Crippen LogP contribution in [0.1, 0.15) is 13.3 Å². The van der Waals surface area contributed by atoms with Crippen molar-refractivity contribution in [2.45, 2.75) is 28.7 Å². The van der Waals surface area contributed by atoms with E-state index in [1.165, 1.54) is 17.0 Å². The van der Waals surface area contributed by atoms with E-state index in [1.807, 2.05) is 6.92 Å². The zero-order chi connectivity index (χ0) is 17.3. The van der Waals surface area contributed by atoms with Crippen molar-refractivity contribution >= 4 is 39.9 Å². The molecule has 0 N–H and O–H groups in total. The number of nitro groups is 1. The van der Waals surface area contributed by atoms with Crippen molar-refractivity contribution in [3.05, 3.63) is 40.3 Å². The molecule has 7 nitrogen and oxygen atoms in total. The molecule has 0 saturated carbocycles. The summed E-state index contributed by atoms with van der Waals surface area (Å²) in [4.78, 5) is 27.5. The maximum Gasteiger partial charge on any atom is 0.414 e. The highest BCUT2D eigenvalue weighted by Gasteiger charge is 2.31. The second-order valence-electron chi connectivity index (χ2n) is 4.96. The van der Waals surface area contributed by atoms with Crippen LogP contribution in [0.4, 0.5) is 19.9 Å². The van der Waals surface area contributed by atoms with Gasteiger partial charge in [0.25, 0.3) is 0 Å². The minimum atomic E-state index is -0.537. The van der Waals surface area contributed by atoms with Crippen molar-refractivity contribution in [2.24, 2.45) is 0 Å². The van der Waals surface area contributed by atoms with Gasteiger partial charge in [-0.25, -0.2) is 14.2 Å². The Labute approximate surface area is 144 Å².